The van der Waals surface area contributed by atoms with E-state index < -0.39 is 5.25 Å². The topological polar surface area (TPSA) is 66.5 Å². The summed E-state index contributed by atoms with van der Waals surface area (Å²) in [6.07, 6.45) is 0.0858. The van der Waals surface area contributed by atoms with Crippen molar-refractivity contribution in [3.05, 3.63) is 59.1 Å². The van der Waals surface area contributed by atoms with E-state index in [1.807, 2.05) is 24.3 Å². The molecule has 1 heterocycles. The van der Waals surface area contributed by atoms with Crippen LogP contribution in [0.15, 0.2) is 48.5 Å². The lowest BCUT2D eigenvalue weighted by atomic mass is 10.0. The predicted molar refractivity (Wildman–Crippen MR) is 114 cm³/mol. The molecule has 1 N–H and O–H groups in total. The molecule has 0 spiro atoms. The molecule has 28 heavy (non-hydrogen) atoms. The number of amides is 3. The van der Waals surface area contributed by atoms with Crippen LogP contribution in [0.3, 0.4) is 0 Å². The summed E-state index contributed by atoms with van der Waals surface area (Å²) >= 11 is 7.04. The molecule has 0 aliphatic carbocycles. The van der Waals surface area contributed by atoms with Crippen molar-refractivity contribution in [3.63, 3.8) is 0 Å². The van der Waals surface area contributed by atoms with E-state index in [9.17, 15) is 14.4 Å². The van der Waals surface area contributed by atoms with Crippen LogP contribution in [0.1, 0.15) is 31.7 Å². The van der Waals surface area contributed by atoms with Crippen LogP contribution in [-0.4, -0.2) is 28.7 Å². The summed E-state index contributed by atoms with van der Waals surface area (Å²) in [7, 11) is 0. The smallest absolute Gasteiger partial charge is 0.247 e. The molecule has 1 saturated heterocycles. The van der Waals surface area contributed by atoms with Crippen LogP contribution in [0.5, 0.6) is 0 Å². The molecule has 1 aliphatic heterocycles. The number of nitrogens with zero attached hydrogens (tertiary/aromatic N) is 1. The maximum Gasteiger partial charge on any atom is 0.247 e. The average Bonchev–Trinajstić information content (AvgIpc) is 2.95. The molecule has 7 heteroatoms. The monoisotopic (exact) mass is 416 g/mol. The largest absolute Gasteiger partial charge is 0.325 e. The van der Waals surface area contributed by atoms with Gasteiger partial charge >= 0.3 is 0 Å². The summed E-state index contributed by atoms with van der Waals surface area (Å²) in [5, 5.41) is 2.80. The molecule has 146 valence electrons. The molecular formula is C21H21ClN2O3S. The first-order chi connectivity index (χ1) is 13.3. The fourth-order valence-electron chi connectivity index (χ4n) is 2.92. The molecule has 2 aromatic carbocycles. The molecule has 1 atom stereocenters. The maximum absolute atomic E-state index is 12.6. The first-order valence-corrected chi connectivity index (χ1v) is 10.4. The van der Waals surface area contributed by atoms with Crippen molar-refractivity contribution in [1.82, 2.24) is 0 Å². The van der Waals surface area contributed by atoms with E-state index in [0.29, 0.717) is 22.3 Å². The zero-order chi connectivity index (χ0) is 20.3. The highest BCUT2D eigenvalue weighted by Gasteiger charge is 2.40. The van der Waals surface area contributed by atoms with Crippen LogP contribution in [0.4, 0.5) is 11.4 Å². The lowest BCUT2D eigenvalue weighted by Crippen LogP contribution is -2.31. The Bertz CT molecular complexity index is 882. The van der Waals surface area contributed by atoms with Crippen molar-refractivity contribution in [1.29, 1.82) is 0 Å². The third kappa shape index (κ3) is 4.75. The Morgan fingerprint density at radius 1 is 1.14 bits per heavy atom. The van der Waals surface area contributed by atoms with Gasteiger partial charge in [-0.2, -0.15) is 0 Å². The van der Waals surface area contributed by atoms with Crippen molar-refractivity contribution in [2.45, 2.75) is 31.4 Å². The normalized spacial score (nSPS) is 16.7. The van der Waals surface area contributed by atoms with E-state index >= 15 is 0 Å². The van der Waals surface area contributed by atoms with Gasteiger partial charge in [-0.15, -0.1) is 11.8 Å². The number of rotatable bonds is 6. The summed E-state index contributed by atoms with van der Waals surface area (Å²) in [5.41, 5.74) is 2.41. The maximum atomic E-state index is 12.6. The Hall–Kier alpha value is -2.31. The van der Waals surface area contributed by atoms with Crippen LogP contribution in [-0.2, 0) is 14.4 Å². The molecule has 3 rings (SSSR count). The van der Waals surface area contributed by atoms with Crippen molar-refractivity contribution < 1.29 is 14.4 Å². The van der Waals surface area contributed by atoms with Crippen LogP contribution >= 0.6 is 23.4 Å². The van der Waals surface area contributed by atoms with Gasteiger partial charge in [0.1, 0.15) is 0 Å². The first kappa shape index (κ1) is 20.4. The van der Waals surface area contributed by atoms with Crippen molar-refractivity contribution in [3.8, 4) is 0 Å². The fraction of sp³-hybridized carbons (Fsp3) is 0.286. The minimum Gasteiger partial charge on any atom is -0.325 e. The van der Waals surface area contributed by atoms with Gasteiger partial charge < -0.3 is 5.32 Å². The van der Waals surface area contributed by atoms with Gasteiger partial charge in [0.15, 0.2) is 0 Å². The SMILES string of the molecule is CC(C)c1ccc(NC(=O)CS[C@@H]2CC(=O)N(c3ccc(Cl)cc3)C2=O)cc1. The van der Waals surface area contributed by atoms with Crippen LogP contribution in [0.2, 0.25) is 5.02 Å². The minimum absolute atomic E-state index is 0.0858. The third-order valence-electron chi connectivity index (χ3n) is 4.47. The second kappa shape index (κ2) is 8.80. The molecule has 2 aromatic rings. The van der Waals surface area contributed by atoms with Gasteiger partial charge in [-0.25, -0.2) is 4.90 Å². The molecule has 1 fully saturated rings. The zero-order valence-electron chi connectivity index (χ0n) is 15.6. The van der Waals surface area contributed by atoms with Crippen LogP contribution in [0.25, 0.3) is 0 Å². The number of nitrogens with one attached hydrogen (secondary N) is 1. The second-order valence-corrected chi connectivity index (χ2v) is 8.50. The quantitative estimate of drug-likeness (QED) is 0.705. The number of benzene rings is 2. The van der Waals surface area contributed by atoms with Crippen molar-refractivity contribution in [2.75, 3.05) is 16.0 Å². The Kier molecular flexibility index (Phi) is 6.42. The Labute approximate surface area is 173 Å². The molecule has 3 amide bonds. The number of hydrogen-bond donors (Lipinski definition) is 1. The van der Waals surface area contributed by atoms with Gasteiger partial charge in [-0.05, 0) is 47.9 Å². The number of halogens is 1. The summed E-state index contributed by atoms with van der Waals surface area (Å²) in [4.78, 5) is 38.2. The van der Waals surface area contributed by atoms with Crippen molar-refractivity contribution >= 4 is 52.5 Å². The van der Waals surface area contributed by atoms with E-state index in [1.165, 1.54) is 17.3 Å². The fourth-order valence-corrected chi connectivity index (χ4v) is 3.98. The molecule has 0 bridgehead atoms. The van der Waals surface area contributed by atoms with Crippen molar-refractivity contribution in [2.24, 2.45) is 0 Å². The van der Waals surface area contributed by atoms with Gasteiger partial charge in [0.05, 0.1) is 16.7 Å². The molecule has 0 radical (unpaired) electrons. The van der Waals surface area contributed by atoms with E-state index in [-0.39, 0.29) is 29.9 Å². The van der Waals surface area contributed by atoms with E-state index in [4.69, 9.17) is 11.6 Å². The first-order valence-electron chi connectivity index (χ1n) is 8.99. The van der Waals surface area contributed by atoms with Crippen LogP contribution < -0.4 is 10.2 Å². The standard InChI is InChI=1S/C21H21ClN2O3S/c1-13(2)14-3-7-16(8-4-14)23-19(25)12-28-18-11-20(26)24(21(18)27)17-9-5-15(22)6-10-17/h3-10,13,18H,11-12H2,1-2H3,(H,23,25)/t18-/m1/s1. The van der Waals surface area contributed by atoms with Gasteiger partial charge in [0.2, 0.25) is 17.7 Å². The van der Waals surface area contributed by atoms with E-state index in [0.717, 1.165) is 4.90 Å². The third-order valence-corrected chi connectivity index (χ3v) is 5.92. The number of carbonyl (C=O) groups is 3. The summed E-state index contributed by atoms with van der Waals surface area (Å²) in [6.45, 7) is 4.22. The lowest BCUT2D eigenvalue weighted by molar-refractivity contribution is -0.121. The van der Waals surface area contributed by atoms with Gasteiger partial charge in [-0.1, -0.05) is 37.6 Å². The summed E-state index contributed by atoms with van der Waals surface area (Å²) in [5.74, 6) is -0.243. The van der Waals surface area contributed by atoms with Gasteiger partial charge in [0.25, 0.3) is 0 Å². The molecule has 0 saturated carbocycles. The Morgan fingerprint density at radius 3 is 2.39 bits per heavy atom. The molecule has 1 aliphatic rings. The second-order valence-electron chi connectivity index (χ2n) is 6.87. The summed E-state index contributed by atoms with van der Waals surface area (Å²) < 4.78 is 0. The highest BCUT2D eigenvalue weighted by Crippen LogP contribution is 2.30. The predicted octanol–water partition coefficient (Wildman–Crippen LogP) is 4.47. The van der Waals surface area contributed by atoms with E-state index in [1.54, 1.807) is 24.3 Å². The van der Waals surface area contributed by atoms with Crippen LogP contribution in [0, 0.1) is 0 Å². The highest BCUT2D eigenvalue weighted by molar-refractivity contribution is 8.01. The molecular weight excluding hydrogens is 396 g/mol. The molecule has 0 unspecified atom stereocenters. The minimum atomic E-state index is -0.558. The Morgan fingerprint density at radius 2 is 1.79 bits per heavy atom. The highest BCUT2D eigenvalue weighted by atomic mass is 35.5. The van der Waals surface area contributed by atoms with E-state index in [2.05, 4.69) is 19.2 Å². The van der Waals surface area contributed by atoms with Gasteiger partial charge in [-0.3, -0.25) is 14.4 Å². The number of anilines is 2. The van der Waals surface area contributed by atoms with Gasteiger partial charge in [0, 0.05) is 17.1 Å². The zero-order valence-corrected chi connectivity index (χ0v) is 17.2. The summed E-state index contributed by atoms with van der Waals surface area (Å²) in [6, 6.07) is 14.2. The number of hydrogen-bond acceptors (Lipinski definition) is 4. The lowest BCUT2D eigenvalue weighted by Gasteiger charge is -2.15. The number of thioether (sulfide) groups is 1. The molecule has 0 aromatic heterocycles. The number of imide groups is 1. The average molecular weight is 417 g/mol. The Balaban J connectivity index is 1.55. The number of carbonyl (C=O) groups excluding carboxylic acids is 3. The molecule has 5 nitrogen and oxygen atoms in total.